The van der Waals surface area contributed by atoms with Gasteiger partial charge in [0.25, 0.3) is 0 Å². The van der Waals surface area contributed by atoms with Gasteiger partial charge in [0.15, 0.2) is 0 Å². The third kappa shape index (κ3) is 1.67. The van der Waals surface area contributed by atoms with Gasteiger partial charge in [-0.3, -0.25) is 4.90 Å². The van der Waals surface area contributed by atoms with E-state index >= 15 is 0 Å². The summed E-state index contributed by atoms with van der Waals surface area (Å²) in [6.07, 6.45) is -3.83. The molecule has 6 atom stereocenters. The number of aliphatic hydroxyl groups is 5. The lowest BCUT2D eigenvalue weighted by Crippen LogP contribution is -2.62. The fraction of sp³-hybridized carbons (Fsp3) is 1.00. The Morgan fingerprint density at radius 2 is 1.67 bits per heavy atom. The lowest BCUT2D eigenvalue weighted by Gasteiger charge is -2.42. The van der Waals surface area contributed by atoms with Gasteiger partial charge >= 0.3 is 0 Å². The molecule has 0 aliphatic carbocycles. The summed E-state index contributed by atoms with van der Waals surface area (Å²) in [5.74, 6) is 0. The highest BCUT2D eigenvalue weighted by molar-refractivity contribution is 5.05. The normalized spacial score (nSPS) is 51.8. The summed E-state index contributed by atoms with van der Waals surface area (Å²) in [4.78, 5) is 1.67. The molecule has 0 aromatic rings. The van der Waals surface area contributed by atoms with Gasteiger partial charge in [-0.2, -0.15) is 0 Å². The Balaban J connectivity index is 2.18. The van der Waals surface area contributed by atoms with Gasteiger partial charge in [-0.05, 0) is 6.42 Å². The van der Waals surface area contributed by atoms with Crippen LogP contribution < -0.4 is 0 Å². The molecule has 2 heterocycles. The maximum Gasteiger partial charge on any atom is 0.109 e. The van der Waals surface area contributed by atoms with Crippen LogP contribution in [0.1, 0.15) is 6.42 Å². The average Bonchev–Trinajstić information content (AvgIpc) is 2.51. The van der Waals surface area contributed by atoms with Crippen molar-refractivity contribution in [2.75, 3.05) is 13.2 Å². The van der Waals surface area contributed by atoms with Crippen molar-refractivity contribution < 1.29 is 25.5 Å². The molecule has 6 heteroatoms. The zero-order chi connectivity index (χ0) is 11.2. The van der Waals surface area contributed by atoms with Gasteiger partial charge < -0.3 is 25.5 Å². The van der Waals surface area contributed by atoms with E-state index in [0.717, 1.165) is 0 Å². The summed E-state index contributed by atoms with van der Waals surface area (Å²) in [5.41, 5.74) is 0. The highest BCUT2D eigenvalue weighted by Gasteiger charge is 2.51. The summed E-state index contributed by atoms with van der Waals surface area (Å²) in [6, 6.07) is -0.831. The lowest BCUT2D eigenvalue weighted by molar-refractivity contribution is -0.147. The van der Waals surface area contributed by atoms with Crippen LogP contribution >= 0.6 is 0 Å². The minimum Gasteiger partial charge on any atom is -0.395 e. The standard InChI is InChI=1S/C9H17NO5/c11-3-4-1-5(12)7-9(15)8(14)6(13)2-10(4)7/h4-9,11-15H,1-3H2/t4-,5+,6-,7+,8-,9-/m1/s1. The Morgan fingerprint density at radius 1 is 1.00 bits per heavy atom. The summed E-state index contributed by atoms with van der Waals surface area (Å²) in [7, 11) is 0. The first kappa shape index (κ1) is 11.3. The first-order valence-corrected chi connectivity index (χ1v) is 5.15. The van der Waals surface area contributed by atoms with Crippen LogP contribution in [0.3, 0.4) is 0 Å². The van der Waals surface area contributed by atoms with E-state index in [1.165, 1.54) is 0 Å². The zero-order valence-corrected chi connectivity index (χ0v) is 8.27. The maximum atomic E-state index is 9.71. The smallest absolute Gasteiger partial charge is 0.109 e. The van der Waals surface area contributed by atoms with Crippen LogP contribution in [0.5, 0.6) is 0 Å². The fourth-order valence-electron chi connectivity index (χ4n) is 2.65. The van der Waals surface area contributed by atoms with Crippen LogP contribution in [0, 0.1) is 0 Å². The predicted octanol–water partition coefficient (Wildman–Crippen LogP) is -3.12. The highest BCUT2D eigenvalue weighted by atomic mass is 16.4. The molecule has 0 unspecified atom stereocenters. The molecule has 0 bridgehead atoms. The number of hydrogen-bond acceptors (Lipinski definition) is 6. The highest BCUT2D eigenvalue weighted by Crippen LogP contribution is 2.32. The van der Waals surface area contributed by atoms with Crippen molar-refractivity contribution in [2.24, 2.45) is 0 Å². The number of nitrogens with zero attached hydrogens (tertiary/aromatic N) is 1. The average molecular weight is 219 g/mol. The summed E-state index contributed by atoms with van der Waals surface area (Å²) >= 11 is 0. The van der Waals surface area contributed by atoms with Gasteiger partial charge in [-0.25, -0.2) is 0 Å². The Labute approximate surface area is 87.4 Å². The van der Waals surface area contributed by atoms with Gasteiger partial charge in [-0.15, -0.1) is 0 Å². The number of aliphatic hydroxyl groups excluding tert-OH is 5. The molecule has 0 radical (unpaired) electrons. The fourth-order valence-corrected chi connectivity index (χ4v) is 2.65. The number of hydrogen-bond donors (Lipinski definition) is 5. The molecule has 5 N–H and O–H groups in total. The van der Waals surface area contributed by atoms with Crippen LogP contribution in [0.25, 0.3) is 0 Å². The van der Waals surface area contributed by atoms with E-state index in [0.29, 0.717) is 6.42 Å². The molecule has 88 valence electrons. The number of piperidine rings is 1. The van der Waals surface area contributed by atoms with Crippen LogP contribution in [0.15, 0.2) is 0 Å². The van der Waals surface area contributed by atoms with E-state index < -0.39 is 30.5 Å². The minimum absolute atomic E-state index is 0.122. The second-order valence-electron chi connectivity index (χ2n) is 4.38. The van der Waals surface area contributed by atoms with E-state index in [1.807, 2.05) is 0 Å². The van der Waals surface area contributed by atoms with Crippen molar-refractivity contribution >= 4 is 0 Å². The topological polar surface area (TPSA) is 104 Å². The Kier molecular flexibility index (Phi) is 2.98. The van der Waals surface area contributed by atoms with Crippen molar-refractivity contribution in [3.8, 4) is 0 Å². The van der Waals surface area contributed by atoms with Crippen molar-refractivity contribution in [3.63, 3.8) is 0 Å². The molecule has 15 heavy (non-hydrogen) atoms. The number of rotatable bonds is 1. The molecular weight excluding hydrogens is 202 g/mol. The SMILES string of the molecule is OC[C@H]1C[C@H](O)[C@H]2[C@@H](O)[C@H](O)[C@H](O)CN12. The van der Waals surface area contributed by atoms with Crippen LogP contribution in [0.4, 0.5) is 0 Å². The third-order valence-electron chi connectivity index (χ3n) is 3.46. The molecule has 0 aromatic carbocycles. The molecule has 0 aromatic heterocycles. The second-order valence-corrected chi connectivity index (χ2v) is 4.38. The Morgan fingerprint density at radius 3 is 2.27 bits per heavy atom. The molecule has 6 nitrogen and oxygen atoms in total. The molecule has 2 fully saturated rings. The van der Waals surface area contributed by atoms with Gasteiger partial charge in [0, 0.05) is 12.6 Å². The molecular formula is C9H17NO5. The van der Waals surface area contributed by atoms with Crippen molar-refractivity contribution in [3.05, 3.63) is 0 Å². The van der Waals surface area contributed by atoms with Gasteiger partial charge in [-0.1, -0.05) is 0 Å². The monoisotopic (exact) mass is 219 g/mol. The first-order valence-electron chi connectivity index (χ1n) is 5.15. The van der Waals surface area contributed by atoms with E-state index in [-0.39, 0.29) is 19.2 Å². The Bertz CT molecular complexity index is 239. The molecule has 2 rings (SSSR count). The van der Waals surface area contributed by atoms with Crippen LogP contribution in [-0.2, 0) is 0 Å². The van der Waals surface area contributed by atoms with E-state index in [4.69, 9.17) is 5.11 Å². The lowest BCUT2D eigenvalue weighted by atomic mass is 9.93. The molecule has 2 aliphatic heterocycles. The quantitative estimate of drug-likeness (QED) is 0.319. The van der Waals surface area contributed by atoms with Crippen molar-refractivity contribution in [2.45, 2.75) is 42.9 Å². The third-order valence-corrected chi connectivity index (χ3v) is 3.46. The van der Waals surface area contributed by atoms with Crippen LogP contribution in [0.2, 0.25) is 0 Å². The molecule has 0 saturated carbocycles. The molecule has 0 amide bonds. The van der Waals surface area contributed by atoms with Crippen molar-refractivity contribution in [1.82, 2.24) is 4.90 Å². The van der Waals surface area contributed by atoms with E-state index in [1.54, 1.807) is 4.90 Å². The van der Waals surface area contributed by atoms with Crippen molar-refractivity contribution in [1.29, 1.82) is 0 Å². The first-order chi connectivity index (χ1) is 7.06. The summed E-state index contributed by atoms with van der Waals surface area (Å²) in [6.45, 7) is 0.0499. The molecule has 2 saturated heterocycles. The molecule has 2 aliphatic rings. The van der Waals surface area contributed by atoms with Gasteiger partial charge in [0.05, 0.1) is 24.9 Å². The minimum atomic E-state index is -1.22. The van der Waals surface area contributed by atoms with Gasteiger partial charge in [0.1, 0.15) is 12.2 Å². The summed E-state index contributed by atoms with van der Waals surface area (Å²) < 4.78 is 0. The maximum absolute atomic E-state index is 9.71. The zero-order valence-electron chi connectivity index (χ0n) is 8.27. The van der Waals surface area contributed by atoms with Crippen LogP contribution in [-0.4, -0.2) is 80.1 Å². The predicted molar refractivity (Wildman–Crippen MR) is 50.0 cm³/mol. The van der Waals surface area contributed by atoms with Gasteiger partial charge in [0.2, 0.25) is 0 Å². The molecule has 0 spiro atoms. The number of fused-ring (bicyclic) bond motifs is 1. The van der Waals surface area contributed by atoms with E-state index in [2.05, 4.69) is 0 Å². The second kappa shape index (κ2) is 3.97. The Hall–Kier alpha value is -0.240. The summed E-state index contributed by atoms with van der Waals surface area (Å²) in [5, 5.41) is 47.4. The largest absolute Gasteiger partial charge is 0.395 e. The van der Waals surface area contributed by atoms with E-state index in [9.17, 15) is 20.4 Å².